The van der Waals surface area contributed by atoms with E-state index in [-0.39, 0.29) is 17.4 Å². The van der Waals surface area contributed by atoms with Gasteiger partial charge in [-0.15, -0.1) is 11.8 Å². The molecule has 0 radical (unpaired) electrons. The summed E-state index contributed by atoms with van der Waals surface area (Å²) >= 11 is 7.24. The Hall–Kier alpha value is -1.52. The van der Waals surface area contributed by atoms with Crippen molar-refractivity contribution in [1.82, 2.24) is 0 Å². The van der Waals surface area contributed by atoms with Crippen LogP contribution < -0.4 is 4.74 Å². The third-order valence-electron chi connectivity index (χ3n) is 2.65. The Morgan fingerprint density at radius 2 is 1.95 bits per heavy atom. The first-order chi connectivity index (χ1) is 9.60. The van der Waals surface area contributed by atoms with Gasteiger partial charge in [-0.3, -0.25) is 4.79 Å². The molecule has 2 rings (SSSR count). The van der Waals surface area contributed by atoms with E-state index in [1.165, 1.54) is 31.0 Å². The zero-order valence-electron chi connectivity index (χ0n) is 10.7. The Labute approximate surface area is 125 Å². The van der Waals surface area contributed by atoms with Crippen LogP contribution in [0.15, 0.2) is 47.4 Å². The quantitative estimate of drug-likeness (QED) is 0.602. The fraction of sp³-hybridized carbons (Fsp3) is 0.133. The van der Waals surface area contributed by atoms with Crippen LogP contribution >= 0.6 is 23.4 Å². The van der Waals surface area contributed by atoms with Gasteiger partial charge in [0.05, 0.1) is 18.4 Å². The molecule has 2 aromatic rings. The summed E-state index contributed by atoms with van der Waals surface area (Å²) in [5.74, 6) is 0.359. The van der Waals surface area contributed by atoms with Gasteiger partial charge in [0.2, 0.25) is 0 Å². The zero-order valence-corrected chi connectivity index (χ0v) is 12.3. The van der Waals surface area contributed by atoms with Crippen molar-refractivity contribution < 1.29 is 13.9 Å². The van der Waals surface area contributed by atoms with E-state index in [0.29, 0.717) is 16.3 Å². The van der Waals surface area contributed by atoms with Crippen LogP contribution in [0.2, 0.25) is 5.02 Å². The van der Waals surface area contributed by atoms with Crippen LogP contribution in [-0.2, 0) is 0 Å². The zero-order chi connectivity index (χ0) is 14.5. The maximum absolute atomic E-state index is 12.8. The molecule has 20 heavy (non-hydrogen) atoms. The van der Waals surface area contributed by atoms with Gasteiger partial charge in [0.25, 0.3) is 0 Å². The fourth-order valence-electron chi connectivity index (χ4n) is 1.66. The lowest BCUT2D eigenvalue weighted by atomic mass is 10.1. The minimum Gasteiger partial charge on any atom is -0.496 e. The smallest absolute Gasteiger partial charge is 0.176 e. The Morgan fingerprint density at radius 1 is 1.25 bits per heavy atom. The fourth-order valence-corrected chi connectivity index (χ4v) is 2.61. The number of Topliss-reactive ketones (excluding diaryl/α,β-unsaturated/α-hetero) is 1. The van der Waals surface area contributed by atoms with Crippen LogP contribution in [0.5, 0.6) is 5.75 Å². The maximum Gasteiger partial charge on any atom is 0.176 e. The Balaban J connectivity index is 2.08. The third-order valence-corrected chi connectivity index (χ3v) is 3.89. The van der Waals surface area contributed by atoms with Crippen molar-refractivity contribution in [2.75, 3.05) is 12.9 Å². The van der Waals surface area contributed by atoms with Gasteiger partial charge in [-0.2, -0.15) is 0 Å². The van der Waals surface area contributed by atoms with Crippen molar-refractivity contribution in [3.8, 4) is 5.75 Å². The molecule has 0 aliphatic rings. The van der Waals surface area contributed by atoms with Crippen molar-refractivity contribution >= 4 is 29.1 Å². The lowest BCUT2D eigenvalue weighted by Crippen LogP contribution is -2.05. The van der Waals surface area contributed by atoms with E-state index in [4.69, 9.17) is 16.3 Å². The molecule has 0 atom stereocenters. The average Bonchev–Trinajstić information content (AvgIpc) is 2.46. The van der Waals surface area contributed by atoms with E-state index >= 15 is 0 Å². The van der Waals surface area contributed by atoms with Crippen molar-refractivity contribution in [3.63, 3.8) is 0 Å². The maximum atomic E-state index is 12.8. The number of halogens is 2. The van der Waals surface area contributed by atoms with Crippen molar-refractivity contribution in [3.05, 3.63) is 58.9 Å². The molecular weight excluding hydrogens is 299 g/mol. The molecule has 2 aromatic carbocycles. The van der Waals surface area contributed by atoms with E-state index in [2.05, 4.69) is 0 Å². The predicted octanol–water partition coefficient (Wildman–Crippen LogP) is 4.46. The van der Waals surface area contributed by atoms with Gasteiger partial charge in [-0.25, -0.2) is 4.39 Å². The minimum absolute atomic E-state index is 0.0846. The average molecular weight is 311 g/mol. The van der Waals surface area contributed by atoms with Gasteiger partial charge in [-0.1, -0.05) is 11.6 Å². The summed E-state index contributed by atoms with van der Waals surface area (Å²) in [5.41, 5.74) is 0.453. The van der Waals surface area contributed by atoms with Gasteiger partial charge in [0.15, 0.2) is 5.78 Å². The molecule has 0 fully saturated rings. The van der Waals surface area contributed by atoms with Crippen LogP contribution in [0.1, 0.15) is 10.4 Å². The number of thioether (sulfide) groups is 1. The van der Waals surface area contributed by atoms with Gasteiger partial charge in [0, 0.05) is 9.92 Å². The molecule has 0 unspecified atom stereocenters. The first kappa shape index (κ1) is 14.9. The number of benzene rings is 2. The summed E-state index contributed by atoms with van der Waals surface area (Å²) < 4.78 is 17.9. The highest BCUT2D eigenvalue weighted by atomic mass is 35.5. The lowest BCUT2D eigenvalue weighted by Gasteiger charge is -2.08. The number of hydrogen-bond acceptors (Lipinski definition) is 3. The van der Waals surface area contributed by atoms with Gasteiger partial charge in [0.1, 0.15) is 11.6 Å². The first-order valence-corrected chi connectivity index (χ1v) is 7.21. The molecule has 104 valence electrons. The number of hydrogen-bond donors (Lipinski definition) is 0. The molecule has 0 heterocycles. The highest BCUT2D eigenvalue weighted by molar-refractivity contribution is 8.00. The Kier molecular flexibility index (Phi) is 5.04. The molecule has 0 aliphatic carbocycles. The summed E-state index contributed by atoms with van der Waals surface area (Å²) in [4.78, 5) is 13.0. The topological polar surface area (TPSA) is 26.3 Å². The normalized spacial score (nSPS) is 10.3. The third kappa shape index (κ3) is 3.74. The summed E-state index contributed by atoms with van der Waals surface area (Å²) in [6, 6.07) is 10.9. The molecule has 5 heteroatoms. The number of methoxy groups -OCH3 is 1. The second-order valence-electron chi connectivity index (χ2n) is 4.01. The van der Waals surface area contributed by atoms with Gasteiger partial charge < -0.3 is 4.74 Å². The number of carbonyl (C=O) groups excluding carboxylic acids is 1. The summed E-state index contributed by atoms with van der Waals surface area (Å²) in [6.07, 6.45) is 0. The van der Waals surface area contributed by atoms with Crippen molar-refractivity contribution in [1.29, 1.82) is 0 Å². The number of carbonyl (C=O) groups is 1. The minimum atomic E-state index is -0.294. The molecule has 0 aliphatic heterocycles. The van der Waals surface area contributed by atoms with Gasteiger partial charge >= 0.3 is 0 Å². The SMILES string of the molecule is COc1ccc(Cl)cc1C(=O)CSc1ccc(F)cc1. The number of ether oxygens (including phenoxy) is 1. The molecule has 2 nitrogen and oxygen atoms in total. The molecule has 0 aromatic heterocycles. The molecule has 0 bridgehead atoms. The molecule has 0 saturated carbocycles. The molecule has 0 saturated heterocycles. The van der Waals surface area contributed by atoms with Crippen molar-refractivity contribution in [2.45, 2.75) is 4.90 Å². The molecular formula is C15H12ClFO2S. The molecule has 0 spiro atoms. The second-order valence-corrected chi connectivity index (χ2v) is 5.50. The highest BCUT2D eigenvalue weighted by Gasteiger charge is 2.13. The van der Waals surface area contributed by atoms with Gasteiger partial charge in [-0.05, 0) is 42.5 Å². The lowest BCUT2D eigenvalue weighted by molar-refractivity contribution is 0.101. The Bertz CT molecular complexity index is 614. The summed E-state index contributed by atoms with van der Waals surface area (Å²) in [6.45, 7) is 0. The highest BCUT2D eigenvalue weighted by Crippen LogP contribution is 2.26. The summed E-state index contributed by atoms with van der Waals surface area (Å²) in [7, 11) is 1.51. The predicted molar refractivity (Wildman–Crippen MR) is 79.5 cm³/mol. The van der Waals surface area contributed by atoms with Crippen LogP contribution in [0.3, 0.4) is 0 Å². The van der Waals surface area contributed by atoms with Crippen LogP contribution in [0.25, 0.3) is 0 Å². The van der Waals surface area contributed by atoms with Crippen LogP contribution in [0.4, 0.5) is 4.39 Å². The first-order valence-electron chi connectivity index (χ1n) is 5.85. The number of rotatable bonds is 5. The van der Waals surface area contributed by atoms with E-state index in [0.717, 1.165) is 4.90 Å². The van der Waals surface area contributed by atoms with E-state index in [1.807, 2.05) is 0 Å². The van der Waals surface area contributed by atoms with Crippen LogP contribution in [0, 0.1) is 5.82 Å². The molecule has 0 N–H and O–H groups in total. The Morgan fingerprint density at radius 3 is 2.60 bits per heavy atom. The standard InChI is InChI=1S/C15H12ClFO2S/c1-19-15-7-2-10(16)8-13(15)14(18)9-20-12-5-3-11(17)4-6-12/h2-8H,9H2,1H3. The number of ketones is 1. The van der Waals surface area contributed by atoms with Crippen LogP contribution in [-0.4, -0.2) is 18.6 Å². The van der Waals surface area contributed by atoms with E-state index < -0.39 is 0 Å². The molecule has 0 amide bonds. The largest absolute Gasteiger partial charge is 0.496 e. The van der Waals surface area contributed by atoms with E-state index in [9.17, 15) is 9.18 Å². The monoisotopic (exact) mass is 310 g/mol. The van der Waals surface area contributed by atoms with E-state index in [1.54, 1.807) is 30.3 Å². The second kappa shape index (κ2) is 6.77. The van der Waals surface area contributed by atoms with Crippen molar-refractivity contribution in [2.24, 2.45) is 0 Å². The summed E-state index contributed by atoms with van der Waals surface area (Å²) in [5, 5.41) is 0.487.